The summed E-state index contributed by atoms with van der Waals surface area (Å²) in [5, 5.41) is 11.2. The normalized spacial score (nSPS) is 22.6. The first-order valence-electron chi connectivity index (χ1n) is 10.4. The quantitative estimate of drug-likeness (QED) is 0.411. The van der Waals surface area contributed by atoms with Crippen LogP contribution in [0.15, 0.2) is 18.2 Å². The molecule has 164 valence electrons. The number of nitrogens with zero attached hydrogens (tertiary/aromatic N) is 3. The number of carbonyl (C=O) groups is 2. The number of piperidine rings is 1. The van der Waals surface area contributed by atoms with E-state index in [0.717, 1.165) is 25.9 Å². The van der Waals surface area contributed by atoms with Crippen LogP contribution >= 0.6 is 0 Å². The fraction of sp³-hybridized carbons (Fsp3) is 0.619. The second kappa shape index (κ2) is 9.42. The van der Waals surface area contributed by atoms with Crippen molar-refractivity contribution in [3.05, 3.63) is 33.9 Å². The third kappa shape index (κ3) is 5.27. The molecule has 30 heavy (non-hydrogen) atoms. The lowest BCUT2D eigenvalue weighted by Gasteiger charge is -2.35. The van der Waals surface area contributed by atoms with Crippen molar-refractivity contribution in [2.45, 2.75) is 45.8 Å². The standard InChI is InChI=1S/C21H29N3O6/c1-14-6-8-22(9-7-14)19-5-4-17(24(27)28)10-18(19)21(26)29-13-20(25)23-11-15(2)30-16(3)12-23/h4-5,10,14-16H,6-9,11-13H2,1-3H3/t15-,16-/m1/s1. The van der Waals surface area contributed by atoms with Crippen LogP contribution in [0.4, 0.5) is 11.4 Å². The lowest BCUT2D eigenvalue weighted by molar-refractivity contribution is -0.384. The van der Waals surface area contributed by atoms with Gasteiger partial charge in [0.25, 0.3) is 11.6 Å². The van der Waals surface area contributed by atoms with E-state index in [1.807, 2.05) is 18.7 Å². The highest BCUT2D eigenvalue weighted by Gasteiger charge is 2.28. The van der Waals surface area contributed by atoms with Crippen LogP contribution in [0.2, 0.25) is 0 Å². The Morgan fingerprint density at radius 3 is 2.40 bits per heavy atom. The molecule has 3 rings (SSSR count). The van der Waals surface area contributed by atoms with Gasteiger partial charge in [-0.2, -0.15) is 0 Å². The minimum Gasteiger partial charge on any atom is -0.452 e. The zero-order chi connectivity index (χ0) is 21.8. The summed E-state index contributed by atoms with van der Waals surface area (Å²) >= 11 is 0. The van der Waals surface area contributed by atoms with Gasteiger partial charge >= 0.3 is 5.97 Å². The van der Waals surface area contributed by atoms with E-state index in [9.17, 15) is 19.7 Å². The molecule has 2 saturated heterocycles. The number of benzene rings is 1. The molecule has 1 amide bonds. The van der Waals surface area contributed by atoms with Crippen molar-refractivity contribution in [1.82, 2.24) is 4.90 Å². The minimum absolute atomic E-state index is 0.0849. The highest BCUT2D eigenvalue weighted by molar-refractivity contribution is 5.97. The number of nitro benzene ring substituents is 1. The number of non-ortho nitro benzene ring substituents is 1. The highest BCUT2D eigenvalue weighted by Crippen LogP contribution is 2.30. The van der Waals surface area contributed by atoms with Gasteiger partial charge in [-0.3, -0.25) is 14.9 Å². The maximum atomic E-state index is 12.8. The molecule has 2 atom stereocenters. The second-order valence-electron chi connectivity index (χ2n) is 8.26. The molecule has 0 aliphatic carbocycles. The summed E-state index contributed by atoms with van der Waals surface area (Å²) in [4.78, 5) is 39.6. The fourth-order valence-electron chi connectivity index (χ4n) is 4.00. The van der Waals surface area contributed by atoms with Crippen LogP contribution in [0.3, 0.4) is 0 Å². The van der Waals surface area contributed by atoms with E-state index < -0.39 is 17.5 Å². The molecule has 0 saturated carbocycles. The predicted octanol–water partition coefficient (Wildman–Crippen LogP) is 2.62. The Balaban J connectivity index is 1.72. The largest absolute Gasteiger partial charge is 0.452 e. The van der Waals surface area contributed by atoms with Crippen LogP contribution in [0.1, 0.15) is 44.0 Å². The van der Waals surface area contributed by atoms with Crippen molar-refractivity contribution in [3.63, 3.8) is 0 Å². The Morgan fingerprint density at radius 1 is 1.17 bits per heavy atom. The van der Waals surface area contributed by atoms with Gasteiger partial charge in [0.2, 0.25) is 0 Å². The van der Waals surface area contributed by atoms with Crippen LogP contribution in [-0.4, -0.2) is 66.7 Å². The number of nitro groups is 1. The summed E-state index contributed by atoms with van der Waals surface area (Å²) in [7, 11) is 0. The monoisotopic (exact) mass is 419 g/mol. The number of anilines is 1. The first-order valence-corrected chi connectivity index (χ1v) is 10.4. The van der Waals surface area contributed by atoms with E-state index in [2.05, 4.69) is 6.92 Å². The Morgan fingerprint density at radius 2 is 1.80 bits per heavy atom. The molecule has 9 nitrogen and oxygen atoms in total. The van der Waals surface area contributed by atoms with Crippen molar-refractivity contribution in [2.75, 3.05) is 37.7 Å². The summed E-state index contributed by atoms with van der Waals surface area (Å²) in [5.74, 6) is -0.426. The zero-order valence-electron chi connectivity index (χ0n) is 17.7. The Kier molecular flexibility index (Phi) is 6.91. The lowest BCUT2D eigenvalue weighted by atomic mass is 9.98. The maximum Gasteiger partial charge on any atom is 0.341 e. The molecule has 1 aromatic carbocycles. The minimum atomic E-state index is -0.727. The molecule has 2 aliphatic heterocycles. The third-order valence-electron chi connectivity index (χ3n) is 5.63. The average molecular weight is 419 g/mol. The van der Waals surface area contributed by atoms with E-state index in [4.69, 9.17) is 9.47 Å². The summed E-state index contributed by atoms with van der Waals surface area (Å²) in [6.45, 7) is 7.96. The van der Waals surface area contributed by atoms with Crippen LogP contribution < -0.4 is 4.90 Å². The molecule has 2 fully saturated rings. The van der Waals surface area contributed by atoms with Crippen LogP contribution in [0.25, 0.3) is 0 Å². The Hall–Kier alpha value is -2.68. The van der Waals surface area contributed by atoms with Gasteiger partial charge in [-0.15, -0.1) is 0 Å². The van der Waals surface area contributed by atoms with Crippen molar-refractivity contribution in [2.24, 2.45) is 5.92 Å². The van der Waals surface area contributed by atoms with Gasteiger partial charge in [0.1, 0.15) is 0 Å². The smallest absolute Gasteiger partial charge is 0.341 e. The number of ether oxygens (including phenoxy) is 2. The number of esters is 1. The molecular formula is C21H29N3O6. The number of morpholine rings is 1. The first-order chi connectivity index (χ1) is 14.2. The second-order valence-corrected chi connectivity index (χ2v) is 8.26. The van der Waals surface area contributed by atoms with Crippen LogP contribution in [0.5, 0.6) is 0 Å². The molecule has 9 heteroatoms. The SMILES string of the molecule is CC1CCN(c2ccc([N+](=O)[O-])cc2C(=O)OCC(=O)N2C[C@@H](C)O[C@H](C)C2)CC1. The zero-order valence-corrected chi connectivity index (χ0v) is 17.7. The first kappa shape index (κ1) is 22.0. The number of amides is 1. The van der Waals surface area contributed by atoms with E-state index in [1.54, 1.807) is 11.0 Å². The molecule has 2 heterocycles. The molecule has 0 aromatic heterocycles. The van der Waals surface area contributed by atoms with Gasteiger partial charge in [0.15, 0.2) is 6.61 Å². The van der Waals surface area contributed by atoms with Gasteiger partial charge in [-0.1, -0.05) is 6.92 Å². The van der Waals surface area contributed by atoms with Crippen LogP contribution in [-0.2, 0) is 14.3 Å². The predicted molar refractivity (Wildman–Crippen MR) is 111 cm³/mol. The summed E-state index contributed by atoms with van der Waals surface area (Å²) in [5.41, 5.74) is 0.548. The van der Waals surface area contributed by atoms with E-state index >= 15 is 0 Å². The molecule has 0 bridgehead atoms. The van der Waals surface area contributed by atoms with Crippen molar-refractivity contribution in [1.29, 1.82) is 0 Å². The van der Waals surface area contributed by atoms with Crippen molar-refractivity contribution >= 4 is 23.3 Å². The van der Waals surface area contributed by atoms with Crippen molar-refractivity contribution < 1.29 is 24.0 Å². The molecule has 0 unspecified atom stereocenters. The summed E-state index contributed by atoms with van der Waals surface area (Å²) < 4.78 is 10.9. The number of carbonyl (C=O) groups excluding carboxylic acids is 2. The van der Waals surface area contributed by atoms with Gasteiger partial charge in [-0.25, -0.2) is 4.79 Å². The van der Waals surface area contributed by atoms with Gasteiger partial charge in [0.05, 0.1) is 28.4 Å². The van der Waals surface area contributed by atoms with E-state index in [-0.39, 0.29) is 29.4 Å². The average Bonchev–Trinajstić information content (AvgIpc) is 2.71. The van der Waals surface area contributed by atoms with Crippen LogP contribution in [0, 0.1) is 16.0 Å². The molecule has 0 N–H and O–H groups in total. The van der Waals surface area contributed by atoms with E-state index in [1.165, 1.54) is 12.1 Å². The van der Waals surface area contributed by atoms with Gasteiger partial charge < -0.3 is 19.3 Å². The van der Waals surface area contributed by atoms with E-state index in [0.29, 0.717) is 24.7 Å². The Bertz CT molecular complexity index is 796. The highest BCUT2D eigenvalue weighted by atomic mass is 16.6. The molecule has 1 aromatic rings. The molecule has 0 spiro atoms. The number of rotatable bonds is 5. The number of hydrogen-bond donors (Lipinski definition) is 0. The lowest BCUT2D eigenvalue weighted by Crippen LogP contribution is -2.49. The van der Waals surface area contributed by atoms with Gasteiger partial charge in [0, 0.05) is 38.3 Å². The summed E-state index contributed by atoms with van der Waals surface area (Å²) in [6.07, 6.45) is 1.80. The number of hydrogen-bond acceptors (Lipinski definition) is 7. The fourth-order valence-corrected chi connectivity index (χ4v) is 4.00. The molecule has 0 radical (unpaired) electrons. The third-order valence-corrected chi connectivity index (χ3v) is 5.63. The molecule has 2 aliphatic rings. The van der Waals surface area contributed by atoms with Crippen molar-refractivity contribution in [3.8, 4) is 0 Å². The summed E-state index contributed by atoms with van der Waals surface area (Å²) in [6, 6.07) is 4.22. The topological polar surface area (TPSA) is 102 Å². The molecular weight excluding hydrogens is 390 g/mol. The van der Waals surface area contributed by atoms with Gasteiger partial charge in [-0.05, 0) is 38.7 Å². The maximum absolute atomic E-state index is 12.8. The Labute approximate surface area is 176 Å².